The summed E-state index contributed by atoms with van der Waals surface area (Å²) < 4.78 is 17.1. The Morgan fingerprint density at radius 1 is 1.40 bits per heavy atom. The molecule has 10 heavy (non-hydrogen) atoms. The lowest BCUT2D eigenvalue weighted by Gasteiger charge is -1.95. The molecule has 0 aromatic rings. The number of hydrogen-bond acceptors (Lipinski definition) is 1. The maximum absolute atomic E-state index is 12.6. The van der Waals surface area contributed by atoms with Gasteiger partial charge in [-0.25, -0.2) is 0 Å². The molecule has 2 heteroatoms. The van der Waals surface area contributed by atoms with E-state index in [2.05, 4.69) is 10.5 Å². The van der Waals surface area contributed by atoms with E-state index in [-0.39, 0.29) is 0 Å². The van der Waals surface area contributed by atoms with Crippen molar-refractivity contribution in [2.45, 2.75) is 0 Å². The smallest absolute Gasteiger partial charge is 0.285 e. The van der Waals surface area contributed by atoms with Gasteiger partial charge in [-0.3, -0.25) is 0 Å². The number of hydrogen-bond donors (Lipinski definition) is 0. The molecular formula is C8H4FO. The van der Waals surface area contributed by atoms with Crippen LogP contribution in [0.2, 0.25) is 0 Å². The second-order valence-corrected chi connectivity index (χ2v) is 2.00. The van der Waals surface area contributed by atoms with Gasteiger partial charge < -0.3 is 4.42 Å². The summed E-state index contributed by atoms with van der Waals surface area (Å²) in [5, 5.41) is 0. The largest absolute Gasteiger partial charge is 0.439 e. The van der Waals surface area contributed by atoms with E-state index in [1.54, 1.807) is 18.2 Å². The Kier molecular flexibility index (Phi) is 1.01. The first-order valence-electron chi connectivity index (χ1n) is 2.91. The maximum Gasteiger partial charge on any atom is 0.285 e. The van der Waals surface area contributed by atoms with Gasteiger partial charge in [-0.15, -0.1) is 0 Å². The normalized spacial score (nSPS) is 10.5. The molecule has 0 bridgehead atoms. The first kappa shape index (κ1) is 5.47. The Bertz CT molecular complexity index is 313. The number of fused-ring (bicyclic) bond motifs is 1. The molecule has 1 aliphatic heterocycles. The molecule has 1 heterocycles. The molecule has 49 valence electrons. The summed E-state index contributed by atoms with van der Waals surface area (Å²) >= 11 is 0. The van der Waals surface area contributed by atoms with Gasteiger partial charge in [0, 0.05) is 0 Å². The van der Waals surface area contributed by atoms with E-state index >= 15 is 0 Å². The van der Waals surface area contributed by atoms with E-state index in [9.17, 15) is 4.39 Å². The Balaban J connectivity index is 2.80. The molecule has 0 saturated carbocycles. The average Bonchev–Trinajstić information content (AvgIpc) is 2.36. The highest BCUT2D eigenvalue weighted by Gasteiger charge is 2.07. The fraction of sp³-hybridized carbons (Fsp3) is 0. The van der Waals surface area contributed by atoms with Crippen molar-refractivity contribution in [3.8, 4) is 11.1 Å². The first-order valence-corrected chi connectivity index (χ1v) is 2.91. The summed E-state index contributed by atoms with van der Waals surface area (Å²) in [6.07, 6.45) is 1.31. The lowest BCUT2D eigenvalue weighted by molar-refractivity contribution is 0.348. The predicted molar refractivity (Wildman–Crippen MR) is 34.1 cm³/mol. The third kappa shape index (κ3) is 0.620. The van der Waals surface area contributed by atoms with Gasteiger partial charge in [0.2, 0.25) is 0 Å². The van der Waals surface area contributed by atoms with E-state index in [1.807, 2.05) is 0 Å². The molecule has 0 aromatic carbocycles. The molecule has 0 spiro atoms. The van der Waals surface area contributed by atoms with Gasteiger partial charge in [-0.1, -0.05) is 6.07 Å². The van der Waals surface area contributed by atoms with Crippen LogP contribution in [-0.4, -0.2) is 0 Å². The van der Waals surface area contributed by atoms with Gasteiger partial charge in [0.05, 0.1) is 11.8 Å². The van der Waals surface area contributed by atoms with Crippen LogP contribution < -0.4 is 0 Å². The second-order valence-electron chi connectivity index (χ2n) is 2.00. The molecule has 1 radical (unpaired) electrons. The molecule has 2 aliphatic rings. The fourth-order valence-corrected chi connectivity index (χ4v) is 0.917. The molecule has 2 rings (SSSR count). The van der Waals surface area contributed by atoms with Crippen molar-refractivity contribution >= 4 is 0 Å². The summed E-state index contributed by atoms with van der Waals surface area (Å²) in [6, 6.07) is 7.30. The van der Waals surface area contributed by atoms with Crippen LogP contribution in [0.1, 0.15) is 0 Å². The summed E-state index contributed by atoms with van der Waals surface area (Å²) in [7, 11) is 0. The van der Waals surface area contributed by atoms with Crippen LogP contribution in [-0.2, 0) is 0 Å². The topological polar surface area (TPSA) is 13.1 Å². The Morgan fingerprint density at radius 3 is 3.10 bits per heavy atom. The highest BCUT2D eigenvalue weighted by Crippen LogP contribution is 2.24. The van der Waals surface area contributed by atoms with Gasteiger partial charge in [-0.2, -0.15) is 4.39 Å². The molecular weight excluding hydrogens is 131 g/mol. The molecule has 0 saturated heterocycles. The molecule has 0 aromatic heterocycles. The van der Waals surface area contributed by atoms with Gasteiger partial charge in [0.1, 0.15) is 0 Å². The van der Waals surface area contributed by atoms with Crippen molar-refractivity contribution in [2.24, 2.45) is 0 Å². The minimum absolute atomic E-state index is 0.488. The number of rotatable bonds is 0. The quantitative estimate of drug-likeness (QED) is 0.540. The van der Waals surface area contributed by atoms with Crippen molar-refractivity contribution in [1.29, 1.82) is 0 Å². The highest BCUT2D eigenvalue weighted by atomic mass is 19.1. The zero-order chi connectivity index (χ0) is 6.97. The molecule has 1 nitrogen and oxygen atoms in total. The molecule has 0 fully saturated rings. The lowest BCUT2D eigenvalue weighted by atomic mass is 10.2. The van der Waals surface area contributed by atoms with E-state index in [4.69, 9.17) is 0 Å². The Labute approximate surface area is 57.4 Å². The van der Waals surface area contributed by atoms with E-state index in [0.29, 0.717) is 5.56 Å². The zero-order valence-electron chi connectivity index (χ0n) is 5.10. The molecule has 0 unspecified atom stereocenters. The van der Waals surface area contributed by atoms with Gasteiger partial charge >= 0.3 is 0 Å². The van der Waals surface area contributed by atoms with Crippen molar-refractivity contribution in [3.05, 3.63) is 36.5 Å². The summed E-state index contributed by atoms with van der Waals surface area (Å²) in [5.41, 5.74) is 1.24. The van der Waals surface area contributed by atoms with Gasteiger partial charge in [0.25, 0.3) is 6.01 Å². The molecule has 0 amide bonds. The average molecular weight is 135 g/mol. The van der Waals surface area contributed by atoms with E-state index in [0.717, 1.165) is 5.56 Å². The standard InChI is InChI=1S/C8H4FO/c9-8-7-3-1-2-6(7)4-5-10-8/h1,3-5H. The van der Waals surface area contributed by atoms with Crippen molar-refractivity contribution in [3.63, 3.8) is 0 Å². The zero-order valence-corrected chi connectivity index (χ0v) is 5.10. The maximum atomic E-state index is 12.6. The van der Waals surface area contributed by atoms with Gasteiger partial charge in [-0.05, 0) is 23.8 Å². The van der Waals surface area contributed by atoms with Crippen LogP contribution in [0.4, 0.5) is 4.39 Å². The third-order valence-electron chi connectivity index (χ3n) is 1.40. The highest BCUT2D eigenvalue weighted by molar-refractivity contribution is 5.63. The Morgan fingerprint density at radius 2 is 2.30 bits per heavy atom. The molecule has 0 N–H and O–H groups in total. The van der Waals surface area contributed by atoms with E-state index in [1.165, 1.54) is 6.26 Å². The fourth-order valence-electron chi connectivity index (χ4n) is 0.917. The molecule has 0 atom stereocenters. The van der Waals surface area contributed by atoms with Gasteiger partial charge in [0.15, 0.2) is 0 Å². The van der Waals surface area contributed by atoms with Crippen LogP contribution in [0.25, 0.3) is 11.1 Å². The minimum Gasteiger partial charge on any atom is -0.439 e. The van der Waals surface area contributed by atoms with Crippen LogP contribution >= 0.6 is 0 Å². The molecule has 1 aliphatic carbocycles. The minimum atomic E-state index is -0.543. The lowest BCUT2D eigenvalue weighted by Crippen LogP contribution is -1.78. The summed E-state index contributed by atoms with van der Waals surface area (Å²) in [4.78, 5) is 0. The van der Waals surface area contributed by atoms with Crippen LogP contribution in [0.3, 0.4) is 0 Å². The van der Waals surface area contributed by atoms with E-state index < -0.39 is 6.01 Å². The van der Waals surface area contributed by atoms with Crippen molar-refractivity contribution in [1.82, 2.24) is 0 Å². The van der Waals surface area contributed by atoms with Crippen LogP contribution in [0, 0.1) is 12.1 Å². The summed E-state index contributed by atoms with van der Waals surface area (Å²) in [6.45, 7) is 0. The predicted octanol–water partition coefficient (Wildman–Crippen LogP) is 2.32. The van der Waals surface area contributed by atoms with Crippen molar-refractivity contribution < 1.29 is 8.81 Å². The number of halogens is 1. The SMILES string of the molecule is Fc1occc2[c]ccc1-2. The first-order chi connectivity index (χ1) is 4.88. The van der Waals surface area contributed by atoms with Crippen molar-refractivity contribution in [2.75, 3.05) is 0 Å². The van der Waals surface area contributed by atoms with Crippen LogP contribution in [0.15, 0.2) is 28.9 Å². The third-order valence-corrected chi connectivity index (χ3v) is 1.40. The van der Waals surface area contributed by atoms with Crippen LogP contribution in [0.5, 0.6) is 0 Å². The Hall–Kier alpha value is -1.31. The summed E-state index contributed by atoms with van der Waals surface area (Å²) in [5.74, 6) is 0. The second kappa shape index (κ2) is 1.84. The monoisotopic (exact) mass is 135 g/mol.